The molecule has 0 aliphatic heterocycles. The van der Waals surface area contributed by atoms with Crippen molar-refractivity contribution in [1.82, 2.24) is 0 Å². The first-order valence-electron chi connectivity index (χ1n) is 8.73. The van der Waals surface area contributed by atoms with E-state index < -0.39 is 11.3 Å². The minimum Gasteiger partial charge on any atom is -0.365 e. The second-order valence-electron chi connectivity index (χ2n) is 8.56. The lowest BCUT2D eigenvalue weighted by atomic mass is 9.69. The molecule has 1 aliphatic rings. The molecule has 3 N–H and O–H groups in total. The molecular formula is C19H30N2O2S. The Bertz CT molecular complexity index is 653. The Balaban J connectivity index is 2.36. The van der Waals surface area contributed by atoms with Crippen LogP contribution in [0.3, 0.4) is 0 Å². The fourth-order valence-corrected chi connectivity index (χ4v) is 4.51. The third-order valence-corrected chi connectivity index (χ3v) is 6.61. The highest BCUT2D eigenvalue weighted by atomic mass is 32.1. The Morgan fingerprint density at radius 3 is 2.38 bits per heavy atom. The normalized spacial score (nSPS) is 18.2. The number of anilines is 1. The summed E-state index contributed by atoms with van der Waals surface area (Å²) in [6.07, 6.45) is 4.03. The maximum absolute atomic E-state index is 12.3. The SMILES string of the molecule is CCC(C)(C)[C@H]1CCc2c(sc(NC(=O)C(C)(C)C)c2C(N)=O)C1. The largest absolute Gasteiger partial charge is 0.365 e. The maximum Gasteiger partial charge on any atom is 0.251 e. The zero-order valence-corrected chi connectivity index (χ0v) is 16.5. The summed E-state index contributed by atoms with van der Waals surface area (Å²) in [6, 6.07) is 0. The van der Waals surface area contributed by atoms with E-state index in [1.807, 2.05) is 20.8 Å². The molecule has 2 rings (SSSR count). The molecule has 5 heteroatoms. The summed E-state index contributed by atoms with van der Waals surface area (Å²) in [7, 11) is 0. The number of amides is 2. The predicted molar refractivity (Wildman–Crippen MR) is 101 cm³/mol. The van der Waals surface area contributed by atoms with Crippen molar-refractivity contribution in [1.29, 1.82) is 0 Å². The summed E-state index contributed by atoms with van der Waals surface area (Å²) in [6.45, 7) is 12.4. The van der Waals surface area contributed by atoms with Gasteiger partial charge in [-0.15, -0.1) is 11.3 Å². The van der Waals surface area contributed by atoms with Gasteiger partial charge in [-0.2, -0.15) is 0 Å². The minimum absolute atomic E-state index is 0.0889. The van der Waals surface area contributed by atoms with Gasteiger partial charge >= 0.3 is 0 Å². The van der Waals surface area contributed by atoms with Gasteiger partial charge in [-0.1, -0.05) is 48.0 Å². The van der Waals surface area contributed by atoms with Crippen LogP contribution < -0.4 is 11.1 Å². The van der Waals surface area contributed by atoms with E-state index in [2.05, 4.69) is 26.1 Å². The fraction of sp³-hybridized carbons (Fsp3) is 0.684. The summed E-state index contributed by atoms with van der Waals surface area (Å²) in [4.78, 5) is 25.5. The second kappa shape index (κ2) is 6.51. The van der Waals surface area contributed by atoms with E-state index in [1.54, 1.807) is 0 Å². The first-order valence-corrected chi connectivity index (χ1v) is 9.54. The summed E-state index contributed by atoms with van der Waals surface area (Å²) in [5, 5.41) is 3.56. The van der Waals surface area contributed by atoms with Gasteiger partial charge in [0.2, 0.25) is 5.91 Å². The van der Waals surface area contributed by atoms with Crippen LogP contribution in [0.15, 0.2) is 0 Å². The molecule has 134 valence electrons. The number of carbonyl (C=O) groups is 2. The van der Waals surface area contributed by atoms with Gasteiger partial charge in [0.25, 0.3) is 5.91 Å². The smallest absolute Gasteiger partial charge is 0.251 e. The van der Waals surface area contributed by atoms with E-state index in [1.165, 1.54) is 16.2 Å². The molecule has 0 spiro atoms. The zero-order chi connectivity index (χ0) is 18.3. The summed E-state index contributed by atoms with van der Waals surface area (Å²) in [5.41, 5.74) is 6.99. The van der Waals surface area contributed by atoms with Crippen LogP contribution >= 0.6 is 11.3 Å². The molecule has 1 atom stereocenters. The quantitative estimate of drug-likeness (QED) is 0.846. The Hall–Kier alpha value is -1.36. The number of carbonyl (C=O) groups excluding carboxylic acids is 2. The third kappa shape index (κ3) is 3.66. The van der Waals surface area contributed by atoms with E-state index in [-0.39, 0.29) is 11.3 Å². The Morgan fingerprint density at radius 2 is 1.88 bits per heavy atom. The van der Waals surface area contributed by atoms with Crippen molar-refractivity contribution < 1.29 is 9.59 Å². The van der Waals surface area contributed by atoms with Crippen LogP contribution in [0.25, 0.3) is 0 Å². The molecule has 0 fully saturated rings. The van der Waals surface area contributed by atoms with Gasteiger partial charge in [-0.05, 0) is 36.2 Å². The lowest BCUT2D eigenvalue weighted by molar-refractivity contribution is -0.123. The summed E-state index contributed by atoms with van der Waals surface area (Å²) < 4.78 is 0. The topological polar surface area (TPSA) is 72.2 Å². The van der Waals surface area contributed by atoms with Crippen LogP contribution in [0, 0.1) is 16.7 Å². The molecule has 0 radical (unpaired) electrons. The molecule has 0 aromatic carbocycles. The molecular weight excluding hydrogens is 320 g/mol. The molecule has 0 saturated carbocycles. The van der Waals surface area contributed by atoms with Gasteiger partial charge in [0.1, 0.15) is 5.00 Å². The van der Waals surface area contributed by atoms with Crippen LogP contribution in [-0.2, 0) is 17.6 Å². The van der Waals surface area contributed by atoms with Crippen molar-refractivity contribution in [2.75, 3.05) is 5.32 Å². The first kappa shape index (κ1) is 19.0. The van der Waals surface area contributed by atoms with Crippen molar-refractivity contribution in [3.05, 3.63) is 16.0 Å². The molecule has 1 aromatic heterocycles. The van der Waals surface area contributed by atoms with Gasteiger partial charge in [0.05, 0.1) is 5.56 Å². The Labute approximate surface area is 149 Å². The molecule has 1 heterocycles. The average molecular weight is 351 g/mol. The number of hydrogen-bond acceptors (Lipinski definition) is 3. The highest BCUT2D eigenvalue weighted by Gasteiger charge is 2.35. The number of rotatable bonds is 4. The van der Waals surface area contributed by atoms with E-state index in [9.17, 15) is 9.59 Å². The van der Waals surface area contributed by atoms with Gasteiger partial charge in [-0.25, -0.2) is 0 Å². The highest BCUT2D eigenvalue weighted by molar-refractivity contribution is 7.17. The van der Waals surface area contributed by atoms with Gasteiger partial charge in [0, 0.05) is 10.3 Å². The van der Waals surface area contributed by atoms with Gasteiger partial charge in [0.15, 0.2) is 0 Å². The van der Waals surface area contributed by atoms with Crippen molar-refractivity contribution in [2.45, 2.75) is 67.2 Å². The van der Waals surface area contributed by atoms with Crippen LogP contribution in [0.2, 0.25) is 0 Å². The molecule has 0 bridgehead atoms. The first-order chi connectivity index (χ1) is 11.0. The lowest BCUT2D eigenvalue weighted by Crippen LogP contribution is -2.29. The average Bonchev–Trinajstić information content (AvgIpc) is 2.83. The van der Waals surface area contributed by atoms with Crippen molar-refractivity contribution >= 4 is 28.2 Å². The number of hydrogen-bond donors (Lipinski definition) is 2. The van der Waals surface area contributed by atoms with Crippen LogP contribution in [0.5, 0.6) is 0 Å². The lowest BCUT2D eigenvalue weighted by Gasteiger charge is -2.36. The molecule has 24 heavy (non-hydrogen) atoms. The highest BCUT2D eigenvalue weighted by Crippen LogP contribution is 2.45. The van der Waals surface area contributed by atoms with Crippen molar-refractivity contribution in [3.8, 4) is 0 Å². The second-order valence-corrected chi connectivity index (χ2v) is 9.66. The van der Waals surface area contributed by atoms with Crippen molar-refractivity contribution in [2.24, 2.45) is 22.5 Å². The van der Waals surface area contributed by atoms with E-state index in [0.29, 0.717) is 16.5 Å². The molecule has 2 amide bonds. The number of primary amides is 1. The Morgan fingerprint density at radius 1 is 1.25 bits per heavy atom. The molecule has 0 unspecified atom stereocenters. The van der Waals surface area contributed by atoms with Crippen LogP contribution in [0.4, 0.5) is 5.00 Å². The standard InChI is InChI=1S/C19H30N2O2S/c1-7-19(5,6)11-8-9-12-13(10-11)24-16(14(12)15(20)22)21-17(23)18(2,3)4/h11H,7-10H2,1-6H3,(H2,20,22)(H,21,23)/t11-/m0/s1. The number of thiophene rings is 1. The minimum atomic E-state index is -0.508. The molecule has 4 nitrogen and oxygen atoms in total. The zero-order valence-electron chi connectivity index (χ0n) is 15.7. The number of fused-ring (bicyclic) bond motifs is 1. The monoisotopic (exact) mass is 350 g/mol. The van der Waals surface area contributed by atoms with E-state index in [4.69, 9.17) is 5.73 Å². The Kier molecular flexibility index (Phi) is 5.14. The molecule has 1 aliphatic carbocycles. The summed E-state index contributed by atoms with van der Waals surface area (Å²) >= 11 is 1.53. The number of nitrogens with two attached hydrogens (primary N) is 1. The maximum atomic E-state index is 12.3. The van der Waals surface area contributed by atoms with Gasteiger partial charge < -0.3 is 11.1 Å². The fourth-order valence-electron chi connectivity index (χ4n) is 3.18. The van der Waals surface area contributed by atoms with E-state index >= 15 is 0 Å². The molecule has 0 saturated heterocycles. The van der Waals surface area contributed by atoms with Crippen LogP contribution in [-0.4, -0.2) is 11.8 Å². The van der Waals surface area contributed by atoms with E-state index in [0.717, 1.165) is 31.2 Å². The third-order valence-electron chi connectivity index (χ3n) is 5.44. The molecule has 1 aromatic rings. The summed E-state index contributed by atoms with van der Waals surface area (Å²) in [5.74, 6) is 0.0690. The predicted octanol–water partition coefficient (Wildman–Crippen LogP) is 4.37. The van der Waals surface area contributed by atoms with Gasteiger partial charge in [-0.3, -0.25) is 9.59 Å². The van der Waals surface area contributed by atoms with Crippen molar-refractivity contribution in [3.63, 3.8) is 0 Å². The number of nitrogens with one attached hydrogen (secondary N) is 1. The van der Waals surface area contributed by atoms with Crippen LogP contribution in [0.1, 0.15) is 75.2 Å².